The van der Waals surface area contributed by atoms with Crippen molar-refractivity contribution in [2.24, 2.45) is 5.73 Å². The van der Waals surface area contributed by atoms with Crippen molar-refractivity contribution < 1.29 is 48.2 Å². The number of nitrogens with one attached hydrogen (secondary N) is 6. The molecule has 0 spiro atoms. The minimum Gasteiger partial charge on any atom is -0.508 e. The Labute approximate surface area is 356 Å². The number of benzene rings is 2. The summed E-state index contributed by atoms with van der Waals surface area (Å²) in [6.45, 7) is 1.45. The molecule has 5 rings (SSSR count). The monoisotopic (exact) mass is 879 g/mol. The molecule has 0 bridgehead atoms. The number of fused-ring (bicyclic) bond motifs is 1. The molecular formula is C40H49N9O12S. The molecule has 1 fully saturated rings. The Morgan fingerprint density at radius 3 is 2.45 bits per heavy atom. The summed E-state index contributed by atoms with van der Waals surface area (Å²) in [4.78, 5) is 97.5. The molecule has 21 nitrogen and oxygen atoms in total. The summed E-state index contributed by atoms with van der Waals surface area (Å²) >= 11 is 0. The first kappa shape index (κ1) is 46.3. The third kappa shape index (κ3) is 11.9. The number of aliphatic carboxylic acids is 1. The van der Waals surface area contributed by atoms with Gasteiger partial charge in [-0.1, -0.05) is 30.3 Å². The number of urea groups is 1. The number of aliphatic hydroxyl groups is 1. The zero-order valence-electron chi connectivity index (χ0n) is 33.9. The van der Waals surface area contributed by atoms with Gasteiger partial charge < -0.3 is 56.9 Å². The minimum absolute atomic E-state index is 0.00570. The normalized spacial score (nSPS) is 18.4. The second kappa shape index (κ2) is 20.7. The lowest BCUT2D eigenvalue weighted by Gasteiger charge is -2.34. The number of carbonyl (C=O) groups is 5. The van der Waals surface area contributed by atoms with Crippen molar-refractivity contribution in [3.8, 4) is 5.75 Å². The van der Waals surface area contributed by atoms with Crippen molar-refractivity contribution in [1.29, 1.82) is 0 Å². The number of rotatable bonds is 18. The highest BCUT2D eigenvalue weighted by Gasteiger charge is 2.37. The van der Waals surface area contributed by atoms with E-state index in [0.29, 0.717) is 11.1 Å². The van der Waals surface area contributed by atoms with Gasteiger partial charge in [0, 0.05) is 78.3 Å². The Kier molecular flexibility index (Phi) is 15.4. The number of H-pyrrole nitrogens is 2. The molecular weight excluding hydrogens is 831 g/mol. The van der Waals surface area contributed by atoms with Crippen LogP contribution in [0.15, 0.2) is 88.5 Å². The van der Waals surface area contributed by atoms with E-state index in [0.717, 1.165) is 38.8 Å². The molecule has 2 aromatic heterocycles. The van der Waals surface area contributed by atoms with Gasteiger partial charge in [-0.05, 0) is 49.1 Å². The van der Waals surface area contributed by atoms with Crippen molar-refractivity contribution in [2.75, 3.05) is 19.1 Å². The maximum Gasteiger partial charge on any atom is 0.331 e. The molecule has 0 saturated carbocycles. The van der Waals surface area contributed by atoms with Gasteiger partial charge in [-0.3, -0.25) is 32.9 Å². The predicted octanol–water partition coefficient (Wildman–Crippen LogP) is -1.01. The number of hydrogen-bond acceptors (Lipinski definition) is 12. The van der Waals surface area contributed by atoms with Crippen LogP contribution in [0, 0.1) is 0 Å². The van der Waals surface area contributed by atoms with Gasteiger partial charge in [0.1, 0.15) is 35.7 Å². The fourth-order valence-corrected chi connectivity index (χ4v) is 7.36. The van der Waals surface area contributed by atoms with Gasteiger partial charge in [0.25, 0.3) is 5.56 Å². The lowest BCUT2D eigenvalue weighted by molar-refractivity contribution is -0.139. The Bertz CT molecular complexity index is 2470. The number of hydrogen-bond donors (Lipinski definition) is 10. The molecule has 4 aromatic rings. The van der Waals surface area contributed by atoms with Gasteiger partial charge in [0.15, 0.2) is 0 Å². The van der Waals surface area contributed by atoms with Crippen molar-refractivity contribution >= 4 is 51.4 Å². The highest BCUT2D eigenvalue weighted by molar-refractivity contribution is 7.84. The molecule has 11 N–H and O–H groups in total. The number of aromatic amines is 2. The molecule has 5 amide bonds. The summed E-state index contributed by atoms with van der Waals surface area (Å²) < 4.78 is 18.8. The molecule has 3 heterocycles. The fraction of sp³-hybridized carbons (Fsp3) is 0.375. The second-order valence-corrected chi connectivity index (χ2v) is 16.3. The number of phenolic OH excluding ortho intramolecular Hbond substituents is 1. The average Bonchev–Trinajstić information content (AvgIpc) is 3.81. The Morgan fingerprint density at radius 2 is 1.76 bits per heavy atom. The SMILES string of the molecule is CC(C(NC(=O)C(CCS(C)=O)NC(=O)NC(Cc1c[nH]c2ccccc12)C(=O)O)C(=O)NC=C1CC(O)C(n2ccc(=O)[nH]c2=O)O1)N(C)C(=O)C(N)Cc1cccc(O)c1. The topological polar surface area (TPSA) is 320 Å². The number of likely N-dealkylation sites (N-methyl/N-ethyl adjacent to an activating group) is 1. The van der Waals surface area contributed by atoms with Crippen LogP contribution in [0.2, 0.25) is 0 Å². The van der Waals surface area contributed by atoms with Crippen molar-refractivity contribution in [3.63, 3.8) is 0 Å². The number of amides is 5. The Morgan fingerprint density at radius 1 is 1.03 bits per heavy atom. The number of nitrogens with two attached hydrogens (primary N) is 1. The van der Waals surface area contributed by atoms with Crippen LogP contribution in [-0.2, 0) is 47.6 Å². The van der Waals surface area contributed by atoms with E-state index in [1.54, 1.807) is 36.5 Å². The van der Waals surface area contributed by atoms with Crippen LogP contribution < -0.4 is 38.2 Å². The molecule has 8 atom stereocenters. The summed E-state index contributed by atoms with van der Waals surface area (Å²) in [6, 6.07) is 6.53. The van der Waals surface area contributed by atoms with Crippen LogP contribution in [-0.4, -0.2) is 124 Å². The molecule has 22 heteroatoms. The van der Waals surface area contributed by atoms with Crippen LogP contribution in [0.5, 0.6) is 5.75 Å². The molecule has 1 saturated heterocycles. The van der Waals surface area contributed by atoms with E-state index in [9.17, 15) is 53.1 Å². The lowest BCUT2D eigenvalue weighted by Crippen LogP contribution is -2.62. The van der Waals surface area contributed by atoms with Gasteiger partial charge in [0.05, 0.1) is 12.1 Å². The Hall–Kier alpha value is -6.78. The molecule has 332 valence electrons. The number of carbonyl (C=O) groups excluding carboxylic acids is 4. The number of para-hydroxylation sites is 1. The lowest BCUT2D eigenvalue weighted by atomic mass is 10.0. The molecule has 8 unspecified atom stereocenters. The zero-order chi connectivity index (χ0) is 45.2. The second-order valence-electron chi connectivity index (χ2n) is 14.8. The van der Waals surface area contributed by atoms with Crippen molar-refractivity contribution in [3.05, 3.63) is 111 Å². The van der Waals surface area contributed by atoms with Crippen molar-refractivity contribution in [1.82, 2.24) is 40.7 Å². The number of carboxylic acid groups (broad SMARTS) is 1. The quantitative estimate of drug-likeness (QED) is 0.0574. The fourth-order valence-electron chi connectivity index (χ4n) is 6.79. The smallest absolute Gasteiger partial charge is 0.331 e. The van der Waals surface area contributed by atoms with Gasteiger partial charge in [-0.2, -0.15) is 0 Å². The van der Waals surface area contributed by atoms with E-state index in [-0.39, 0.29) is 42.9 Å². The predicted molar refractivity (Wildman–Crippen MR) is 225 cm³/mol. The summed E-state index contributed by atoms with van der Waals surface area (Å²) in [6.07, 6.45) is 2.18. The molecule has 2 aromatic carbocycles. The number of aliphatic hydroxyl groups excluding tert-OH is 1. The number of nitrogens with zero attached hydrogens (tertiary/aromatic N) is 2. The van der Waals surface area contributed by atoms with E-state index in [1.165, 1.54) is 32.4 Å². The highest BCUT2D eigenvalue weighted by Crippen LogP contribution is 2.30. The first-order valence-corrected chi connectivity index (χ1v) is 21.1. The van der Waals surface area contributed by atoms with Crippen LogP contribution in [0.3, 0.4) is 0 Å². The summed E-state index contributed by atoms with van der Waals surface area (Å²) in [5.74, 6) is -3.98. The zero-order valence-corrected chi connectivity index (χ0v) is 34.7. The van der Waals surface area contributed by atoms with E-state index >= 15 is 0 Å². The number of phenols is 1. The largest absolute Gasteiger partial charge is 0.508 e. The molecule has 1 aliphatic heterocycles. The highest BCUT2D eigenvalue weighted by atomic mass is 32.2. The maximum atomic E-state index is 14.1. The van der Waals surface area contributed by atoms with E-state index in [2.05, 4.69) is 31.2 Å². The van der Waals surface area contributed by atoms with E-state index < -0.39 is 94.3 Å². The summed E-state index contributed by atoms with van der Waals surface area (Å²) in [5.41, 5.74) is 6.67. The maximum absolute atomic E-state index is 14.1. The van der Waals surface area contributed by atoms with E-state index in [4.69, 9.17) is 10.5 Å². The number of carboxylic acids is 1. The van der Waals surface area contributed by atoms with Crippen LogP contribution in [0.4, 0.5) is 4.79 Å². The molecule has 0 radical (unpaired) electrons. The van der Waals surface area contributed by atoms with Gasteiger partial charge in [-0.25, -0.2) is 14.4 Å². The van der Waals surface area contributed by atoms with Crippen LogP contribution in [0.25, 0.3) is 10.9 Å². The van der Waals surface area contributed by atoms with Crippen LogP contribution >= 0.6 is 0 Å². The third-order valence-corrected chi connectivity index (χ3v) is 11.0. The number of aromatic nitrogens is 3. The standard InChI is InChI=1S/C40H49N9O12S/c1-21(48(2)36(55)27(41)16-22-7-6-8-24(50)15-22)33(35(54)43-20-25-18-31(51)37(61-25)49-13-11-32(52)46-40(49)59)47-34(53)29(12-14-62(3)60)44-39(58)45-30(38(56)57)17-23-19-42-28-10-5-4-9-26(23)28/h4-11,13,15,19-21,27,29-31,33,37,42,50-51H,12,14,16-18,41H2,1-3H3,(H,43,54)(H,47,53)(H,56,57)(H2,44,45,58)(H,46,52,59). The van der Waals surface area contributed by atoms with E-state index in [1.807, 2.05) is 6.07 Å². The molecule has 1 aliphatic rings. The van der Waals surface area contributed by atoms with Gasteiger partial charge in [0.2, 0.25) is 23.9 Å². The first-order valence-electron chi connectivity index (χ1n) is 19.3. The van der Waals surface area contributed by atoms with Gasteiger partial charge >= 0.3 is 17.7 Å². The van der Waals surface area contributed by atoms with Crippen molar-refractivity contribution in [2.45, 2.75) is 75.1 Å². The number of ether oxygens (including phenoxy) is 1. The first-order chi connectivity index (χ1) is 29.4. The summed E-state index contributed by atoms with van der Waals surface area (Å²) in [7, 11) is -0.104. The molecule has 62 heavy (non-hydrogen) atoms. The number of aromatic hydroxyl groups is 1. The average molecular weight is 880 g/mol. The Balaban J connectivity index is 1.36. The third-order valence-electron chi connectivity index (χ3n) is 10.2. The van der Waals surface area contributed by atoms with Crippen LogP contribution in [0.1, 0.15) is 37.1 Å². The minimum atomic E-state index is -1.58. The molecule has 0 aliphatic carbocycles. The van der Waals surface area contributed by atoms with Gasteiger partial charge in [-0.15, -0.1) is 0 Å². The summed E-state index contributed by atoms with van der Waals surface area (Å²) in [5, 5.41) is 41.2.